The molecule has 4 nitrogen and oxygen atoms in total. The maximum atomic E-state index is 14.0. The zero-order chi connectivity index (χ0) is 28.8. The van der Waals surface area contributed by atoms with E-state index in [4.69, 9.17) is 16.2 Å². The molecule has 0 radical (unpaired) electrons. The number of hydrogen-bond donors (Lipinski definition) is 2. The zero-order valence-corrected chi connectivity index (χ0v) is 18.1. The fourth-order valence-corrected chi connectivity index (χ4v) is 3.18. The number of nitrogens with two attached hydrogens (primary N) is 2. The molecule has 0 aliphatic carbocycles. The second kappa shape index (κ2) is 9.40. The Bertz CT molecular complexity index is 1340. The molecule has 0 heterocycles. The van der Waals surface area contributed by atoms with Gasteiger partial charge in [0.25, 0.3) is 0 Å². The summed E-state index contributed by atoms with van der Waals surface area (Å²) in [7, 11) is 0. The van der Waals surface area contributed by atoms with Crippen molar-refractivity contribution in [3.8, 4) is 23.0 Å². The van der Waals surface area contributed by atoms with Gasteiger partial charge in [0.1, 0.15) is 22.8 Å². The summed E-state index contributed by atoms with van der Waals surface area (Å²) in [4.78, 5) is 0. The normalized spacial score (nSPS) is 12.9. The molecule has 4 N–H and O–H groups in total. The van der Waals surface area contributed by atoms with Gasteiger partial charge in [-0.05, 0) is 36.4 Å². The summed E-state index contributed by atoms with van der Waals surface area (Å²) in [5.41, 5.74) is 1.99. The third-order valence-corrected chi connectivity index (χ3v) is 4.67. The van der Waals surface area contributed by atoms with Crippen molar-refractivity contribution in [2.24, 2.45) is 0 Å². The fraction of sp³-hybridized carbons (Fsp3) is 0.182. The summed E-state index contributed by atoms with van der Waals surface area (Å²) in [5.74, 6) is -5.56. The van der Waals surface area contributed by atoms with Gasteiger partial charge in [0.2, 0.25) is 0 Å². The monoisotopic (exact) mass is 564 g/mol. The van der Waals surface area contributed by atoms with Crippen molar-refractivity contribution in [1.82, 2.24) is 0 Å². The Morgan fingerprint density at radius 2 is 0.947 bits per heavy atom. The van der Waals surface area contributed by atoms with E-state index in [9.17, 15) is 52.7 Å². The van der Waals surface area contributed by atoms with Crippen LogP contribution in [-0.4, -0.2) is 0 Å². The van der Waals surface area contributed by atoms with Crippen molar-refractivity contribution in [3.05, 3.63) is 70.8 Å². The highest BCUT2D eigenvalue weighted by Gasteiger charge is 2.45. The third kappa shape index (κ3) is 6.47. The molecule has 0 unspecified atom stereocenters. The van der Waals surface area contributed by atoms with Crippen molar-refractivity contribution in [3.63, 3.8) is 0 Å². The van der Waals surface area contributed by atoms with E-state index < -0.39 is 81.3 Å². The van der Waals surface area contributed by atoms with Gasteiger partial charge in [0.15, 0.2) is 5.75 Å². The predicted octanol–water partition coefficient (Wildman–Crippen LogP) is 8.51. The largest absolute Gasteiger partial charge is 0.456 e. The van der Waals surface area contributed by atoms with Gasteiger partial charge >= 0.3 is 24.7 Å². The zero-order valence-electron chi connectivity index (χ0n) is 18.1. The Hall–Kier alpha value is -3.98. The van der Waals surface area contributed by atoms with Crippen LogP contribution in [0.2, 0.25) is 0 Å². The quantitative estimate of drug-likeness (QED) is 0.246. The Morgan fingerprint density at radius 3 is 1.34 bits per heavy atom. The van der Waals surface area contributed by atoms with E-state index in [1.165, 1.54) is 0 Å². The maximum absolute atomic E-state index is 14.0. The Kier molecular flexibility index (Phi) is 7.07. The minimum atomic E-state index is -5.72. The third-order valence-electron chi connectivity index (χ3n) is 4.67. The lowest BCUT2D eigenvalue weighted by Gasteiger charge is -2.22. The van der Waals surface area contributed by atoms with Crippen molar-refractivity contribution in [1.29, 1.82) is 0 Å². The van der Waals surface area contributed by atoms with Gasteiger partial charge in [-0.25, -0.2) is 0 Å². The van der Waals surface area contributed by atoms with Gasteiger partial charge in [-0.3, -0.25) is 0 Å². The lowest BCUT2D eigenvalue weighted by atomic mass is 10.1. The predicted molar refractivity (Wildman–Crippen MR) is 108 cm³/mol. The summed E-state index contributed by atoms with van der Waals surface area (Å²) >= 11 is 0. The minimum Gasteiger partial charge on any atom is -0.456 e. The standard InChI is InChI=1S/C22H12F12N2O2/c23-19(24,25)9-3-11(35)7-13(5-9)37-16-2-1-15(21(29,30)31)18(17(16)22(32,33)34)38-14-6-10(20(26,27)28)4-12(36)8-14/h1-8H,35-36H2. The van der Waals surface area contributed by atoms with Gasteiger partial charge in [0.05, 0.1) is 16.7 Å². The van der Waals surface area contributed by atoms with Crippen LogP contribution in [0.5, 0.6) is 23.0 Å². The number of hydrogen-bond acceptors (Lipinski definition) is 4. The van der Waals surface area contributed by atoms with E-state index >= 15 is 0 Å². The number of anilines is 2. The molecule has 0 spiro atoms. The van der Waals surface area contributed by atoms with Crippen LogP contribution in [0.1, 0.15) is 22.3 Å². The molecule has 16 heteroatoms. The van der Waals surface area contributed by atoms with Crippen LogP contribution in [0.15, 0.2) is 48.5 Å². The molecule has 0 fully saturated rings. The van der Waals surface area contributed by atoms with Crippen LogP contribution in [0.25, 0.3) is 0 Å². The molecule has 3 aromatic rings. The van der Waals surface area contributed by atoms with Crippen LogP contribution < -0.4 is 20.9 Å². The highest BCUT2D eigenvalue weighted by Crippen LogP contribution is 2.51. The summed E-state index contributed by atoms with van der Waals surface area (Å²) < 4.78 is 171. The molecular formula is C22H12F12N2O2. The number of alkyl halides is 12. The van der Waals surface area contributed by atoms with Crippen molar-refractivity contribution in [2.45, 2.75) is 24.7 Å². The summed E-state index contributed by atoms with van der Waals surface area (Å²) in [5, 5.41) is 0. The highest BCUT2D eigenvalue weighted by molar-refractivity contribution is 5.58. The smallest absolute Gasteiger partial charge is 0.423 e. The number of ether oxygens (including phenoxy) is 2. The average molecular weight is 564 g/mol. The molecule has 0 aliphatic rings. The highest BCUT2D eigenvalue weighted by atomic mass is 19.4. The molecule has 0 bridgehead atoms. The molecule has 206 valence electrons. The summed E-state index contributed by atoms with van der Waals surface area (Å²) in [6, 6.07) is 2.55. The first-order chi connectivity index (χ1) is 17.2. The molecule has 0 atom stereocenters. The SMILES string of the molecule is Nc1cc(Oc2ccc(C(F)(F)F)c(Oc3cc(N)cc(C(F)(F)F)c3)c2C(F)(F)F)cc(C(F)(F)F)c1. The molecule has 3 aromatic carbocycles. The van der Waals surface area contributed by atoms with E-state index in [2.05, 4.69) is 4.74 Å². The van der Waals surface area contributed by atoms with Crippen LogP contribution in [-0.2, 0) is 24.7 Å². The van der Waals surface area contributed by atoms with Crippen LogP contribution in [0, 0.1) is 0 Å². The molecular weight excluding hydrogens is 552 g/mol. The van der Waals surface area contributed by atoms with Crippen molar-refractivity contribution < 1.29 is 62.2 Å². The first kappa shape index (κ1) is 28.6. The lowest BCUT2D eigenvalue weighted by molar-refractivity contribution is -0.146. The van der Waals surface area contributed by atoms with Crippen LogP contribution in [0.4, 0.5) is 64.1 Å². The fourth-order valence-electron chi connectivity index (χ4n) is 3.18. The van der Waals surface area contributed by atoms with Crippen LogP contribution >= 0.6 is 0 Å². The maximum Gasteiger partial charge on any atom is 0.423 e. The molecule has 0 aliphatic heterocycles. The van der Waals surface area contributed by atoms with E-state index in [-0.39, 0.29) is 24.3 Å². The van der Waals surface area contributed by atoms with E-state index in [1.807, 2.05) is 0 Å². The number of halogens is 12. The van der Waals surface area contributed by atoms with Gasteiger partial charge in [-0.1, -0.05) is 0 Å². The summed E-state index contributed by atoms with van der Waals surface area (Å²) in [6.07, 6.45) is -21.4. The van der Waals surface area contributed by atoms with E-state index in [0.29, 0.717) is 24.3 Å². The second-order valence-corrected chi connectivity index (χ2v) is 7.59. The molecule has 0 aromatic heterocycles. The molecule has 0 saturated carbocycles. The minimum absolute atomic E-state index is 0.0494. The number of nitrogen functional groups attached to an aromatic ring is 2. The van der Waals surface area contributed by atoms with Gasteiger partial charge in [0, 0.05) is 23.5 Å². The van der Waals surface area contributed by atoms with E-state index in [1.54, 1.807) is 0 Å². The summed E-state index contributed by atoms with van der Waals surface area (Å²) in [6.45, 7) is 0. The molecule has 38 heavy (non-hydrogen) atoms. The van der Waals surface area contributed by atoms with Crippen molar-refractivity contribution in [2.75, 3.05) is 11.5 Å². The molecule has 3 rings (SSSR count). The van der Waals surface area contributed by atoms with Crippen molar-refractivity contribution >= 4 is 11.4 Å². The first-order valence-corrected chi connectivity index (χ1v) is 9.79. The number of rotatable bonds is 4. The van der Waals surface area contributed by atoms with E-state index in [0.717, 1.165) is 0 Å². The topological polar surface area (TPSA) is 70.5 Å². The second-order valence-electron chi connectivity index (χ2n) is 7.59. The Morgan fingerprint density at radius 1 is 0.500 bits per heavy atom. The van der Waals surface area contributed by atoms with Gasteiger partial charge in [-0.2, -0.15) is 52.7 Å². The molecule has 0 amide bonds. The van der Waals surface area contributed by atoms with Gasteiger partial charge < -0.3 is 20.9 Å². The molecule has 0 saturated heterocycles. The Labute approximate surface area is 204 Å². The van der Waals surface area contributed by atoms with Crippen LogP contribution in [0.3, 0.4) is 0 Å². The number of benzene rings is 3. The van der Waals surface area contributed by atoms with Gasteiger partial charge in [-0.15, -0.1) is 0 Å². The lowest BCUT2D eigenvalue weighted by Crippen LogP contribution is -2.15. The average Bonchev–Trinajstić information content (AvgIpc) is 2.70. The Balaban J connectivity index is 2.26. The first-order valence-electron chi connectivity index (χ1n) is 9.79.